The summed E-state index contributed by atoms with van der Waals surface area (Å²) in [5.41, 5.74) is 3.86. The van der Waals surface area contributed by atoms with Crippen LogP contribution >= 0.6 is 11.6 Å². The molecule has 4 rings (SSSR count). The Labute approximate surface area is 135 Å². The van der Waals surface area contributed by atoms with E-state index in [0.29, 0.717) is 6.04 Å². The third kappa shape index (κ3) is 2.43. The molecule has 0 unspecified atom stereocenters. The first-order chi connectivity index (χ1) is 10.8. The van der Waals surface area contributed by atoms with E-state index in [1.807, 2.05) is 12.1 Å². The first-order valence-electron chi connectivity index (χ1n) is 7.89. The quantitative estimate of drug-likeness (QED) is 0.713. The standard InChI is InChI=1S/C19H19ClN2/c20-16-7-5-14(6-8-16)19-13-15-3-1-2-4-18(15)22(19)17-9-11-21-12-10-17/h1-8,13,17,21H,9-12H2. The Bertz CT molecular complexity index is 783. The van der Waals surface area contributed by atoms with Crippen LogP contribution in [-0.2, 0) is 0 Å². The van der Waals surface area contributed by atoms with Crippen molar-refractivity contribution in [1.82, 2.24) is 9.88 Å². The third-order valence-electron chi connectivity index (χ3n) is 4.56. The minimum absolute atomic E-state index is 0.562. The van der Waals surface area contributed by atoms with Crippen molar-refractivity contribution in [2.75, 3.05) is 13.1 Å². The molecule has 0 amide bonds. The monoisotopic (exact) mass is 310 g/mol. The first kappa shape index (κ1) is 13.9. The molecule has 2 aromatic carbocycles. The van der Waals surface area contributed by atoms with Crippen molar-refractivity contribution in [3.05, 3.63) is 59.6 Å². The number of nitrogens with zero attached hydrogens (tertiary/aromatic N) is 1. The first-order valence-corrected chi connectivity index (χ1v) is 8.27. The lowest BCUT2D eigenvalue weighted by atomic mass is 10.0. The van der Waals surface area contributed by atoms with Gasteiger partial charge < -0.3 is 9.88 Å². The molecule has 2 nitrogen and oxygen atoms in total. The van der Waals surface area contributed by atoms with E-state index in [0.717, 1.165) is 18.1 Å². The molecule has 0 saturated carbocycles. The summed E-state index contributed by atoms with van der Waals surface area (Å²) < 4.78 is 2.53. The van der Waals surface area contributed by atoms with Crippen LogP contribution in [0.1, 0.15) is 18.9 Å². The predicted octanol–water partition coefficient (Wildman–Crippen LogP) is 4.89. The second kappa shape index (κ2) is 5.79. The summed E-state index contributed by atoms with van der Waals surface area (Å²) in [5, 5.41) is 5.56. The molecule has 22 heavy (non-hydrogen) atoms. The molecule has 0 atom stereocenters. The summed E-state index contributed by atoms with van der Waals surface area (Å²) in [6.45, 7) is 2.19. The molecule has 1 fully saturated rings. The molecule has 3 aromatic rings. The number of fused-ring (bicyclic) bond motifs is 1. The molecule has 3 heteroatoms. The fourth-order valence-corrected chi connectivity index (χ4v) is 3.60. The van der Waals surface area contributed by atoms with Gasteiger partial charge in [0.1, 0.15) is 0 Å². The lowest BCUT2D eigenvalue weighted by Crippen LogP contribution is -2.29. The van der Waals surface area contributed by atoms with Crippen LogP contribution in [0.15, 0.2) is 54.6 Å². The zero-order valence-corrected chi connectivity index (χ0v) is 13.2. The number of rotatable bonds is 2. The van der Waals surface area contributed by atoms with Gasteiger partial charge in [-0.05, 0) is 55.8 Å². The summed E-state index contributed by atoms with van der Waals surface area (Å²) in [6, 6.07) is 19.7. The van der Waals surface area contributed by atoms with Gasteiger partial charge in [-0.15, -0.1) is 0 Å². The fourth-order valence-electron chi connectivity index (χ4n) is 3.48. The van der Waals surface area contributed by atoms with Crippen molar-refractivity contribution < 1.29 is 0 Å². The van der Waals surface area contributed by atoms with Gasteiger partial charge in [-0.1, -0.05) is 41.9 Å². The van der Waals surface area contributed by atoms with Crippen molar-refractivity contribution >= 4 is 22.5 Å². The molecular weight excluding hydrogens is 292 g/mol. The van der Waals surface area contributed by atoms with Crippen molar-refractivity contribution in [3.63, 3.8) is 0 Å². The van der Waals surface area contributed by atoms with Crippen LogP contribution < -0.4 is 5.32 Å². The number of para-hydroxylation sites is 1. The molecule has 1 saturated heterocycles. The molecule has 0 aliphatic carbocycles. The Kier molecular flexibility index (Phi) is 3.65. The van der Waals surface area contributed by atoms with Crippen LogP contribution in [0.25, 0.3) is 22.2 Å². The highest BCUT2D eigenvalue weighted by molar-refractivity contribution is 6.30. The lowest BCUT2D eigenvalue weighted by Gasteiger charge is -2.27. The maximum Gasteiger partial charge on any atom is 0.0493 e. The van der Waals surface area contributed by atoms with Crippen LogP contribution in [0, 0.1) is 0 Å². The summed E-state index contributed by atoms with van der Waals surface area (Å²) in [7, 11) is 0. The largest absolute Gasteiger partial charge is 0.337 e. The van der Waals surface area contributed by atoms with Crippen LogP contribution in [0.5, 0.6) is 0 Å². The predicted molar refractivity (Wildman–Crippen MR) is 93.5 cm³/mol. The van der Waals surface area contributed by atoms with E-state index in [1.165, 1.54) is 35.0 Å². The molecule has 0 radical (unpaired) electrons. The minimum atomic E-state index is 0.562. The summed E-state index contributed by atoms with van der Waals surface area (Å²) in [4.78, 5) is 0. The van der Waals surface area contributed by atoms with E-state index in [4.69, 9.17) is 11.6 Å². The highest BCUT2D eigenvalue weighted by Crippen LogP contribution is 2.34. The normalized spacial score (nSPS) is 16.2. The highest BCUT2D eigenvalue weighted by atomic mass is 35.5. The van der Waals surface area contributed by atoms with E-state index in [1.54, 1.807) is 0 Å². The average molecular weight is 311 g/mol. The second-order valence-electron chi connectivity index (χ2n) is 5.95. The Morgan fingerprint density at radius 1 is 0.955 bits per heavy atom. The van der Waals surface area contributed by atoms with Crippen LogP contribution in [-0.4, -0.2) is 17.7 Å². The van der Waals surface area contributed by atoms with Crippen molar-refractivity contribution in [1.29, 1.82) is 0 Å². The Morgan fingerprint density at radius 2 is 1.68 bits per heavy atom. The van der Waals surface area contributed by atoms with Crippen molar-refractivity contribution in [2.24, 2.45) is 0 Å². The van der Waals surface area contributed by atoms with Crippen molar-refractivity contribution in [3.8, 4) is 11.3 Å². The van der Waals surface area contributed by atoms with Gasteiger partial charge in [-0.3, -0.25) is 0 Å². The number of aromatic nitrogens is 1. The van der Waals surface area contributed by atoms with Gasteiger partial charge >= 0.3 is 0 Å². The topological polar surface area (TPSA) is 17.0 Å². The molecule has 1 aromatic heterocycles. The zero-order chi connectivity index (χ0) is 14.9. The van der Waals surface area contributed by atoms with E-state index in [-0.39, 0.29) is 0 Å². The summed E-state index contributed by atoms with van der Waals surface area (Å²) in [5.74, 6) is 0. The number of piperidine rings is 1. The Morgan fingerprint density at radius 3 is 2.45 bits per heavy atom. The average Bonchev–Trinajstić information content (AvgIpc) is 2.96. The van der Waals surface area contributed by atoms with E-state index in [2.05, 4.69) is 52.3 Å². The van der Waals surface area contributed by atoms with Gasteiger partial charge in [0.15, 0.2) is 0 Å². The number of hydrogen-bond donors (Lipinski definition) is 1. The Hall–Kier alpha value is -1.77. The van der Waals surface area contributed by atoms with Gasteiger partial charge in [-0.2, -0.15) is 0 Å². The van der Waals surface area contributed by atoms with E-state index >= 15 is 0 Å². The molecular formula is C19H19ClN2. The molecule has 1 aliphatic heterocycles. The van der Waals surface area contributed by atoms with Crippen LogP contribution in [0.2, 0.25) is 5.02 Å². The van der Waals surface area contributed by atoms with E-state index in [9.17, 15) is 0 Å². The SMILES string of the molecule is Clc1ccc(-c2cc3ccccc3n2C2CCNCC2)cc1. The second-order valence-corrected chi connectivity index (χ2v) is 6.38. The third-order valence-corrected chi connectivity index (χ3v) is 4.81. The van der Waals surface area contributed by atoms with Crippen LogP contribution in [0.3, 0.4) is 0 Å². The maximum atomic E-state index is 6.05. The van der Waals surface area contributed by atoms with E-state index < -0.39 is 0 Å². The molecule has 1 aliphatic rings. The zero-order valence-electron chi connectivity index (χ0n) is 12.4. The molecule has 0 bridgehead atoms. The summed E-state index contributed by atoms with van der Waals surface area (Å²) in [6.07, 6.45) is 2.36. The van der Waals surface area contributed by atoms with Gasteiger partial charge in [0.2, 0.25) is 0 Å². The Balaban J connectivity index is 1.90. The number of nitrogens with one attached hydrogen (secondary N) is 1. The maximum absolute atomic E-state index is 6.05. The van der Waals surface area contributed by atoms with Gasteiger partial charge in [0.05, 0.1) is 0 Å². The minimum Gasteiger partial charge on any atom is -0.337 e. The molecule has 0 spiro atoms. The van der Waals surface area contributed by atoms with Gasteiger partial charge in [-0.25, -0.2) is 0 Å². The number of hydrogen-bond acceptors (Lipinski definition) is 1. The van der Waals surface area contributed by atoms with Gasteiger partial charge in [0.25, 0.3) is 0 Å². The molecule has 2 heterocycles. The lowest BCUT2D eigenvalue weighted by molar-refractivity contribution is 0.378. The summed E-state index contributed by atoms with van der Waals surface area (Å²) >= 11 is 6.05. The molecule has 1 N–H and O–H groups in total. The smallest absolute Gasteiger partial charge is 0.0493 e. The fraction of sp³-hybridized carbons (Fsp3) is 0.263. The van der Waals surface area contributed by atoms with Crippen molar-refractivity contribution in [2.45, 2.75) is 18.9 Å². The number of benzene rings is 2. The highest BCUT2D eigenvalue weighted by Gasteiger charge is 2.20. The van der Waals surface area contributed by atoms with Crippen LogP contribution in [0.4, 0.5) is 0 Å². The van der Waals surface area contributed by atoms with Gasteiger partial charge in [0, 0.05) is 27.7 Å². The molecule has 112 valence electrons. The number of halogens is 1.